The molecule has 144 valence electrons. The van der Waals surface area contributed by atoms with Crippen LogP contribution in [0.4, 0.5) is 18.9 Å². The van der Waals surface area contributed by atoms with Crippen molar-refractivity contribution in [3.63, 3.8) is 0 Å². The minimum Gasteiger partial charge on any atom is -0.332 e. The number of halogens is 3. The molecular weight excluding hydrogens is 377 g/mol. The fourth-order valence-electron chi connectivity index (χ4n) is 2.45. The first-order valence-electron chi connectivity index (χ1n) is 8.01. The van der Waals surface area contributed by atoms with E-state index in [0.29, 0.717) is 5.56 Å². The summed E-state index contributed by atoms with van der Waals surface area (Å²) in [7, 11) is 1.42. The SMILES string of the molecule is CSCc1ccc(C(=O)N(C)CC(=O)Nc2ccccc2C(F)(F)F)cc1. The number of anilines is 1. The topological polar surface area (TPSA) is 49.4 Å². The third-order valence-electron chi connectivity index (χ3n) is 3.75. The highest BCUT2D eigenvalue weighted by Gasteiger charge is 2.33. The smallest absolute Gasteiger partial charge is 0.332 e. The van der Waals surface area contributed by atoms with Crippen LogP contribution in [0.25, 0.3) is 0 Å². The Bertz CT molecular complexity index is 807. The molecule has 1 N–H and O–H groups in total. The summed E-state index contributed by atoms with van der Waals surface area (Å²) in [6, 6.07) is 11.7. The van der Waals surface area contributed by atoms with Gasteiger partial charge in [-0.05, 0) is 36.1 Å². The second-order valence-electron chi connectivity index (χ2n) is 5.88. The zero-order valence-electron chi connectivity index (χ0n) is 14.8. The second-order valence-corrected chi connectivity index (χ2v) is 6.75. The fraction of sp³-hybridized carbons (Fsp3) is 0.263. The highest BCUT2D eigenvalue weighted by Crippen LogP contribution is 2.34. The van der Waals surface area contributed by atoms with E-state index in [1.54, 1.807) is 23.9 Å². The summed E-state index contributed by atoms with van der Waals surface area (Å²) in [4.78, 5) is 25.7. The number of thioether (sulfide) groups is 1. The molecule has 0 spiro atoms. The Morgan fingerprint density at radius 1 is 1.07 bits per heavy atom. The van der Waals surface area contributed by atoms with E-state index in [1.165, 1.54) is 25.2 Å². The van der Waals surface area contributed by atoms with Crippen molar-refractivity contribution in [2.45, 2.75) is 11.9 Å². The minimum atomic E-state index is -4.58. The third kappa shape index (κ3) is 5.75. The summed E-state index contributed by atoms with van der Waals surface area (Å²) in [6.07, 6.45) is -2.60. The molecule has 2 amide bonds. The molecule has 0 fully saturated rings. The van der Waals surface area contributed by atoms with Gasteiger partial charge in [-0.1, -0.05) is 24.3 Å². The van der Waals surface area contributed by atoms with Gasteiger partial charge in [-0.3, -0.25) is 9.59 Å². The Labute approximate surface area is 159 Å². The largest absolute Gasteiger partial charge is 0.418 e. The van der Waals surface area contributed by atoms with Crippen molar-refractivity contribution >= 4 is 29.3 Å². The Morgan fingerprint density at radius 2 is 1.70 bits per heavy atom. The number of para-hydroxylation sites is 1. The molecule has 27 heavy (non-hydrogen) atoms. The highest BCUT2D eigenvalue weighted by molar-refractivity contribution is 7.97. The van der Waals surface area contributed by atoms with Crippen LogP contribution in [0.2, 0.25) is 0 Å². The van der Waals surface area contributed by atoms with Crippen molar-refractivity contribution in [2.75, 3.05) is 25.2 Å². The Kier molecular flexibility index (Phi) is 6.90. The van der Waals surface area contributed by atoms with Crippen LogP contribution in [0, 0.1) is 0 Å². The number of carbonyl (C=O) groups is 2. The van der Waals surface area contributed by atoms with Crippen LogP contribution >= 0.6 is 11.8 Å². The molecule has 2 aromatic carbocycles. The van der Waals surface area contributed by atoms with E-state index in [0.717, 1.165) is 22.3 Å². The van der Waals surface area contributed by atoms with Crippen LogP contribution in [0.5, 0.6) is 0 Å². The van der Waals surface area contributed by atoms with Gasteiger partial charge in [-0.15, -0.1) is 0 Å². The van der Waals surface area contributed by atoms with E-state index < -0.39 is 17.6 Å². The molecule has 4 nitrogen and oxygen atoms in total. The molecule has 8 heteroatoms. The number of benzene rings is 2. The lowest BCUT2D eigenvalue weighted by molar-refractivity contribution is -0.137. The number of amides is 2. The Hall–Kier alpha value is -2.48. The lowest BCUT2D eigenvalue weighted by Gasteiger charge is -2.18. The number of nitrogens with zero attached hydrogens (tertiary/aromatic N) is 1. The van der Waals surface area contributed by atoms with Gasteiger partial charge in [0.15, 0.2) is 0 Å². The van der Waals surface area contributed by atoms with E-state index in [-0.39, 0.29) is 18.1 Å². The number of alkyl halides is 3. The summed E-state index contributed by atoms with van der Waals surface area (Å²) in [5, 5.41) is 2.22. The molecule has 2 rings (SSSR count). The van der Waals surface area contributed by atoms with Crippen LogP contribution < -0.4 is 5.32 Å². The van der Waals surface area contributed by atoms with Crippen LogP contribution in [0.15, 0.2) is 48.5 Å². The molecule has 0 aliphatic carbocycles. The van der Waals surface area contributed by atoms with Gasteiger partial charge in [0.25, 0.3) is 5.91 Å². The summed E-state index contributed by atoms with van der Waals surface area (Å²) < 4.78 is 38.9. The van der Waals surface area contributed by atoms with Gasteiger partial charge in [0.1, 0.15) is 0 Å². The molecule has 0 unspecified atom stereocenters. The molecule has 0 saturated carbocycles. The van der Waals surface area contributed by atoms with Crippen molar-refractivity contribution in [2.24, 2.45) is 0 Å². The average molecular weight is 396 g/mol. The van der Waals surface area contributed by atoms with Crippen LogP contribution in [-0.4, -0.2) is 36.6 Å². The maximum absolute atomic E-state index is 13.0. The van der Waals surface area contributed by atoms with Crippen molar-refractivity contribution in [3.05, 3.63) is 65.2 Å². The van der Waals surface area contributed by atoms with Crippen molar-refractivity contribution < 1.29 is 22.8 Å². The maximum atomic E-state index is 13.0. The summed E-state index contributed by atoms with van der Waals surface area (Å²) in [6.45, 7) is -0.364. The standard InChI is InChI=1S/C19H19F3N2O2S/c1-24(18(26)14-9-7-13(8-10-14)12-27-2)11-17(25)23-16-6-4-3-5-15(16)19(20,21)22/h3-10H,11-12H2,1-2H3,(H,23,25). The predicted octanol–water partition coefficient (Wildman–Crippen LogP) is 4.28. The molecule has 0 radical (unpaired) electrons. The van der Waals surface area contributed by atoms with E-state index in [1.807, 2.05) is 18.4 Å². The summed E-state index contributed by atoms with van der Waals surface area (Å²) >= 11 is 1.66. The number of rotatable bonds is 6. The van der Waals surface area contributed by atoms with E-state index >= 15 is 0 Å². The second kappa shape index (κ2) is 8.94. The molecule has 0 bridgehead atoms. The van der Waals surface area contributed by atoms with Gasteiger partial charge in [0.2, 0.25) is 5.91 Å². The van der Waals surface area contributed by atoms with E-state index in [4.69, 9.17) is 0 Å². The fourth-order valence-corrected chi connectivity index (χ4v) is 2.97. The molecule has 0 aromatic heterocycles. The zero-order chi connectivity index (χ0) is 20.0. The zero-order valence-corrected chi connectivity index (χ0v) is 15.7. The average Bonchev–Trinajstić information content (AvgIpc) is 2.61. The van der Waals surface area contributed by atoms with E-state index in [9.17, 15) is 22.8 Å². The molecule has 0 saturated heterocycles. The highest BCUT2D eigenvalue weighted by atomic mass is 32.2. The van der Waals surface area contributed by atoms with Crippen LogP contribution in [0.3, 0.4) is 0 Å². The van der Waals surface area contributed by atoms with Crippen LogP contribution in [-0.2, 0) is 16.7 Å². The van der Waals surface area contributed by atoms with Gasteiger partial charge in [-0.2, -0.15) is 24.9 Å². The number of hydrogen-bond acceptors (Lipinski definition) is 3. The van der Waals surface area contributed by atoms with E-state index in [2.05, 4.69) is 5.32 Å². The summed E-state index contributed by atoms with van der Waals surface area (Å²) in [5.41, 5.74) is 0.211. The molecule has 2 aromatic rings. The van der Waals surface area contributed by atoms with Crippen molar-refractivity contribution in [3.8, 4) is 0 Å². The molecule has 0 aliphatic rings. The lowest BCUT2D eigenvalue weighted by atomic mass is 10.1. The number of hydrogen-bond donors (Lipinski definition) is 1. The first-order valence-corrected chi connectivity index (χ1v) is 9.41. The molecule has 0 aliphatic heterocycles. The van der Waals surface area contributed by atoms with Crippen LogP contribution in [0.1, 0.15) is 21.5 Å². The van der Waals surface area contributed by atoms with Crippen molar-refractivity contribution in [1.29, 1.82) is 0 Å². The third-order valence-corrected chi connectivity index (χ3v) is 4.37. The van der Waals surface area contributed by atoms with Gasteiger partial charge in [-0.25, -0.2) is 0 Å². The van der Waals surface area contributed by atoms with Gasteiger partial charge in [0, 0.05) is 18.4 Å². The molecule has 0 heterocycles. The molecular formula is C19H19F3N2O2S. The minimum absolute atomic E-state index is 0.336. The van der Waals surface area contributed by atoms with Gasteiger partial charge >= 0.3 is 6.18 Å². The summed E-state index contributed by atoms with van der Waals surface area (Å²) in [5.74, 6) is -0.266. The predicted molar refractivity (Wildman–Crippen MR) is 101 cm³/mol. The number of likely N-dealkylation sites (N-methyl/N-ethyl adjacent to an activating group) is 1. The van der Waals surface area contributed by atoms with Gasteiger partial charge < -0.3 is 10.2 Å². The quantitative estimate of drug-likeness (QED) is 0.793. The van der Waals surface area contributed by atoms with Crippen molar-refractivity contribution in [1.82, 2.24) is 4.90 Å². The van der Waals surface area contributed by atoms with Gasteiger partial charge in [0.05, 0.1) is 17.8 Å². The Balaban J connectivity index is 2.02. The first kappa shape index (κ1) is 20.8. The Morgan fingerprint density at radius 3 is 2.30 bits per heavy atom. The number of carbonyl (C=O) groups excluding carboxylic acids is 2. The molecule has 0 atom stereocenters. The lowest BCUT2D eigenvalue weighted by Crippen LogP contribution is -2.35. The first-order chi connectivity index (χ1) is 12.7. The normalized spacial score (nSPS) is 11.1. The number of nitrogens with one attached hydrogen (secondary N) is 1. The maximum Gasteiger partial charge on any atom is 0.418 e. The monoisotopic (exact) mass is 396 g/mol.